The van der Waals surface area contributed by atoms with Gasteiger partial charge in [0.15, 0.2) is 5.60 Å². The van der Waals surface area contributed by atoms with Crippen LogP contribution in [0, 0.1) is 6.92 Å². The van der Waals surface area contributed by atoms with E-state index in [2.05, 4.69) is 10.5 Å². The average Bonchev–Trinajstić information content (AvgIpc) is 3.07. The Hall–Kier alpha value is -2.76. The molecule has 0 bridgehead atoms. The lowest BCUT2D eigenvalue weighted by molar-refractivity contribution is -0.136. The molecule has 0 atom stereocenters. The number of thiophene rings is 1. The maximum absolute atomic E-state index is 12.8. The lowest BCUT2D eigenvalue weighted by atomic mass is 9.85. The van der Waals surface area contributed by atoms with E-state index in [1.165, 1.54) is 11.3 Å². The van der Waals surface area contributed by atoms with Gasteiger partial charge in [-0.25, -0.2) is 5.43 Å². The number of carbonyl (C=O) groups excluding carboxylic acids is 1. The molecule has 2 N–H and O–H groups in total. The summed E-state index contributed by atoms with van der Waals surface area (Å²) in [6.07, 6.45) is 1.59. The SMILES string of the molecule is Cc1ccsc1/C=N\NC(=O)C(O)(c1ccccc1)c1ccccc1. The fourth-order valence-corrected chi connectivity index (χ4v) is 3.32. The third-order valence-corrected chi connectivity index (χ3v) is 4.91. The van der Waals surface area contributed by atoms with Gasteiger partial charge in [0.2, 0.25) is 0 Å². The molecule has 0 saturated carbocycles. The number of aliphatic hydroxyl groups is 1. The fraction of sp³-hybridized carbons (Fsp3) is 0.100. The van der Waals surface area contributed by atoms with Crippen molar-refractivity contribution in [3.8, 4) is 0 Å². The maximum atomic E-state index is 12.8. The van der Waals surface area contributed by atoms with Gasteiger partial charge in [0, 0.05) is 4.88 Å². The predicted molar refractivity (Wildman–Crippen MR) is 101 cm³/mol. The second-order valence-corrected chi connectivity index (χ2v) is 6.56. The number of nitrogens with one attached hydrogen (secondary N) is 1. The van der Waals surface area contributed by atoms with E-state index in [1.54, 1.807) is 54.7 Å². The number of aryl methyl sites for hydroxylation is 1. The van der Waals surface area contributed by atoms with Gasteiger partial charge in [-0.3, -0.25) is 4.79 Å². The molecule has 25 heavy (non-hydrogen) atoms. The average molecular weight is 350 g/mol. The highest BCUT2D eigenvalue weighted by molar-refractivity contribution is 7.11. The summed E-state index contributed by atoms with van der Waals surface area (Å²) in [6.45, 7) is 1.98. The van der Waals surface area contributed by atoms with E-state index in [4.69, 9.17) is 0 Å². The minimum absolute atomic E-state index is 0.487. The molecule has 3 rings (SSSR count). The first-order chi connectivity index (χ1) is 12.1. The molecule has 0 fully saturated rings. The van der Waals surface area contributed by atoms with E-state index in [1.807, 2.05) is 30.5 Å². The Balaban J connectivity index is 1.91. The monoisotopic (exact) mass is 350 g/mol. The quantitative estimate of drug-likeness (QED) is 0.547. The molecule has 0 spiro atoms. The second kappa shape index (κ2) is 7.42. The van der Waals surface area contributed by atoms with Crippen molar-refractivity contribution in [2.75, 3.05) is 0 Å². The Morgan fingerprint density at radius 1 is 1.04 bits per heavy atom. The van der Waals surface area contributed by atoms with Gasteiger partial charge in [-0.2, -0.15) is 5.10 Å². The Labute approximate surface area is 150 Å². The van der Waals surface area contributed by atoms with E-state index in [0.717, 1.165) is 10.4 Å². The van der Waals surface area contributed by atoms with Gasteiger partial charge in [-0.05, 0) is 35.1 Å². The zero-order chi connectivity index (χ0) is 17.7. The molecule has 4 nitrogen and oxygen atoms in total. The van der Waals surface area contributed by atoms with Crippen molar-refractivity contribution < 1.29 is 9.90 Å². The lowest BCUT2D eigenvalue weighted by Crippen LogP contribution is -2.43. The van der Waals surface area contributed by atoms with E-state index in [0.29, 0.717) is 11.1 Å². The second-order valence-electron chi connectivity index (χ2n) is 5.61. The molecule has 1 amide bonds. The Kier molecular flexibility index (Phi) is 5.07. The molecule has 0 radical (unpaired) electrons. The maximum Gasteiger partial charge on any atom is 0.281 e. The van der Waals surface area contributed by atoms with E-state index >= 15 is 0 Å². The summed E-state index contributed by atoms with van der Waals surface area (Å²) in [5.74, 6) is -0.602. The van der Waals surface area contributed by atoms with Gasteiger partial charge >= 0.3 is 0 Å². The number of amides is 1. The zero-order valence-electron chi connectivity index (χ0n) is 13.7. The number of hydrazone groups is 1. The van der Waals surface area contributed by atoms with Gasteiger partial charge in [0.25, 0.3) is 5.91 Å². The predicted octanol–water partition coefficient (Wildman–Crippen LogP) is 3.44. The minimum atomic E-state index is -1.82. The van der Waals surface area contributed by atoms with Crippen LogP contribution in [0.1, 0.15) is 21.6 Å². The summed E-state index contributed by atoms with van der Waals surface area (Å²) in [5.41, 5.74) is 2.72. The first-order valence-electron chi connectivity index (χ1n) is 7.83. The third kappa shape index (κ3) is 3.52. The first kappa shape index (κ1) is 17.1. The van der Waals surface area contributed by atoms with Crippen LogP contribution in [-0.4, -0.2) is 17.2 Å². The highest BCUT2D eigenvalue weighted by Gasteiger charge is 2.39. The molecule has 0 aliphatic carbocycles. The number of hydrogen-bond acceptors (Lipinski definition) is 4. The number of carbonyl (C=O) groups is 1. The summed E-state index contributed by atoms with van der Waals surface area (Å²) in [4.78, 5) is 13.8. The molecule has 1 heterocycles. The Morgan fingerprint density at radius 3 is 2.08 bits per heavy atom. The van der Waals surface area contributed by atoms with Crippen LogP contribution in [0.25, 0.3) is 0 Å². The highest BCUT2D eigenvalue weighted by Crippen LogP contribution is 2.29. The topological polar surface area (TPSA) is 61.7 Å². The standard InChI is InChI=1S/C20H18N2O2S/c1-15-12-13-25-18(15)14-21-22-19(23)20(24,16-8-4-2-5-9-16)17-10-6-3-7-11-17/h2-14,24H,1H3,(H,22,23)/b21-14-. The number of nitrogens with zero attached hydrogens (tertiary/aromatic N) is 1. The lowest BCUT2D eigenvalue weighted by Gasteiger charge is -2.27. The summed E-state index contributed by atoms with van der Waals surface area (Å²) in [7, 11) is 0. The van der Waals surface area contributed by atoms with Crippen LogP contribution < -0.4 is 5.43 Å². The number of rotatable bonds is 5. The molecule has 0 aliphatic heterocycles. The van der Waals surface area contributed by atoms with Crippen molar-refractivity contribution in [2.45, 2.75) is 12.5 Å². The zero-order valence-corrected chi connectivity index (χ0v) is 14.5. The number of hydrogen-bond donors (Lipinski definition) is 2. The molecule has 0 saturated heterocycles. The van der Waals surface area contributed by atoms with E-state index in [9.17, 15) is 9.90 Å². The molecule has 2 aromatic carbocycles. The van der Waals surface area contributed by atoms with Crippen molar-refractivity contribution in [2.24, 2.45) is 5.10 Å². The molecule has 0 unspecified atom stereocenters. The molecular weight excluding hydrogens is 332 g/mol. The van der Waals surface area contributed by atoms with Crippen molar-refractivity contribution >= 4 is 23.5 Å². The van der Waals surface area contributed by atoms with Gasteiger partial charge in [0.05, 0.1) is 6.21 Å². The minimum Gasteiger partial charge on any atom is -0.372 e. The molecule has 0 aliphatic rings. The summed E-state index contributed by atoms with van der Waals surface area (Å²) < 4.78 is 0. The summed E-state index contributed by atoms with van der Waals surface area (Å²) >= 11 is 1.54. The van der Waals surface area contributed by atoms with Gasteiger partial charge in [0.1, 0.15) is 0 Å². The van der Waals surface area contributed by atoms with Crippen molar-refractivity contribution in [3.05, 3.63) is 93.7 Å². The molecule has 1 aromatic heterocycles. The van der Waals surface area contributed by atoms with Crippen molar-refractivity contribution in [1.29, 1.82) is 0 Å². The van der Waals surface area contributed by atoms with Crippen LogP contribution in [0.2, 0.25) is 0 Å². The summed E-state index contributed by atoms with van der Waals surface area (Å²) in [6, 6.07) is 19.7. The van der Waals surface area contributed by atoms with Crippen LogP contribution in [0.4, 0.5) is 0 Å². The van der Waals surface area contributed by atoms with E-state index in [-0.39, 0.29) is 0 Å². The van der Waals surface area contributed by atoms with Crippen LogP contribution in [0.3, 0.4) is 0 Å². The first-order valence-corrected chi connectivity index (χ1v) is 8.71. The molecule has 126 valence electrons. The smallest absolute Gasteiger partial charge is 0.281 e. The molecule has 3 aromatic rings. The molecule has 5 heteroatoms. The van der Waals surface area contributed by atoms with Gasteiger partial charge in [-0.1, -0.05) is 60.7 Å². The van der Waals surface area contributed by atoms with Crippen molar-refractivity contribution in [1.82, 2.24) is 5.43 Å². The fourth-order valence-electron chi connectivity index (χ4n) is 2.53. The largest absolute Gasteiger partial charge is 0.372 e. The number of benzene rings is 2. The van der Waals surface area contributed by atoms with Crippen molar-refractivity contribution in [3.63, 3.8) is 0 Å². The van der Waals surface area contributed by atoms with E-state index < -0.39 is 11.5 Å². The van der Waals surface area contributed by atoms with Crippen LogP contribution in [0.15, 0.2) is 77.2 Å². The van der Waals surface area contributed by atoms with Crippen LogP contribution in [-0.2, 0) is 10.4 Å². The van der Waals surface area contributed by atoms with Gasteiger partial charge < -0.3 is 5.11 Å². The normalized spacial score (nSPS) is 11.6. The Morgan fingerprint density at radius 2 is 1.60 bits per heavy atom. The van der Waals surface area contributed by atoms with Gasteiger partial charge in [-0.15, -0.1) is 11.3 Å². The summed E-state index contributed by atoms with van der Waals surface area (Å²) in [5, 5.41) is 17.2. The highest BCUT2D eigenvalue weighted by atomic mass is 32.1. The molecular formula is C20H18N2O2S. The Bertz CT molecular complexity index is 833. The third-order valence-electron chi connectivity index (χ3n) is 3.96. The van der Waals surface area contributed by atoms with Crippen LogP contribution in [0.5, 0.6) is 0 Å². The van der Waals surface area contributed by atoms with Crippen LogP contribution >= 0.6 is 11.3 Å².